The van der Waals surface area contributed by atoms with E-state index in [0.717, 1.165) is 0 Å². The largest absolute Gasteiger partial charge is 0.440 e. The van der Waals surface area contributed by atoms with E-state index in [9.17, 15) is 39.5 Å². The zero-order valence-corrected chi connectivity index (χ0v) is 11.8. The maximum absolute atomic E-state index is 13.1. The number of nitrogens with zero attached hydrogens (tertiary/aromatic N) is 3. The Morgan fingerprint density at radius 3 is 2.08 bits per heavy atom. The van der Waals surface area contributed by atoms with Gasteiger partial charge in [-0.3, -0.25) is 4.68 Å². The average Bonchev–Trinajstić information content (AvgIpc) is 2.71. The van der Waals surface area contributed by atoms with Crippen molar-refractivity contribution in [2.45, 2.75) is 24.6 Å². The molecule has 0 saturated carbocycles. The van der Waals surface area contributed by atoms with Crippen LogP contribution in [-0.2, 0) is 13.2 Å². The van der Waals surface area contributed by atoms with Gasteiger partial charge in [-0.15, -0.1) is 5.10 Å². The summed E-state index contributed by atoms with van der Waals surface area (Å²) in [6.07, 6.45) is -22.3. The number of rotatable bonds is 4. The van der Waals surface area contributed by atoms with Crippen molar-refractivity contribution >= 4 is 16.8 Å². The maximum Gasteiger partial charge on any atom is 0.440 e. The smallest absolute Gasteiger partial charge is 0.410 e. The summed E-state index contributed by atoms with van der Waals surface area (Å²) in [5.41, 5.74) is -3.47. The number of alkyl halides is 9. The summed E-state index contributed by atoms with van der Waals surface area (Å²) in [4.78, 5) is 0. The minimum absolute atomic E-state index is 0.150. The number of oxime groups is 1. The molecule has 0 amide bonds. The molecule has 15 heteroatoms. The molecule has 138 valence electrons. The van der Waals surface area contributed by atoms with Gasteiger partial charge in [-0.2, -0.15) is 35.1 Å². The Morgan fingerprint density at radius 2 is 1.71 bits per heavy atom. The average molecular weight is 394 g/mol. The Labute approximate surface area is 131 Å². The molecule has 0 saturated heterocycles. The molecule has 24 heavy (non-hydrogen) atoms. The normalized spacial score (nSPS) is 15.5. The summed E-state index contributed by atoms with van der Waals surface area (Å²) in [7, 11) is 0.708. The molecule has 1 aromatic rings. The molecule has 0 aliphatic heterocycles. The van der Waals surface area contributed by atoms with Crippen molar-refractivity contribution in [1.29, 1.82) is 0 Å². The molecule has 0 radical (unpaired) electrons. The van der Waals surface area contributed by atoms with Gasteiger partial charge in [0.2, 0.25) is 0 Å². The quantitative estimate of drug-likeness (QED) is 0.367. The monoisotopic (exact) mass is 393 g/mol. The third-order valence-electron chi connectivity index (χ3n) is 2.40. The summed E-state index contributed by atoms with van der Waals surface area (Å²) in [6.45, 7) is 0. The van der Waals surface area contributed by atoms with E-state index in [1.807, 2.05) is 0 Å². The standard InChI is InChI=1S/C9H5ClF9N3O2/c1-22-3(4(10)21-23)2(7(12,13)14)5(20-22)24-9(18,19)6(11)8(15,16)17/h6,23H,1H3. The lowest BCUT2D eigenvalue weighted by Gasteiger charge is -2.22. The molecular weight excluding hydrogens is 389 g/mol. The second-order valence-corrected chi connectivity index (χ2v) is 4.47. The van der Waals surface area contributed by atoms with Crippen molar-refractivity contribution in [3.05, 3.63) is 11.3 Å². The molecule has 0 aliphatic rings. The van der Waals surface area contributed by atoms with Gasteiger partial charge < -0.3 is 9.94 Å². The Morgan fingerprint density at radius 1 is 1.21 bits per heavy atom. The van der Waals surface area contributed by atoms with Gasteiger partial charge in [-0.1, -0.05) is 16.8 Å². The lowest BCUT2D eigenvalue weighted by molar-refractivity contribution is -0.306. The number of hydrogen-bond donors (Lipinski definition) is 1. The predicted octanol–water partition coefficient (Wildman–Crippen LogP) is 3.69. The Hall–Kier alpha value is -1.86. The fourth-order valence-electron chi connectivity index (χ4n) is 1.48. The Balaban J connectivity index is 3.46. The van der Waals surface area contributed by atoms with Gasteiger partial charge in [0.15, 0.2) is 5.17 Å². The third kappa shape index (κ3) is 3.96. The summed E-state index contributed by atoms with van der Waals surface area (Å²) in [5.74, 6) is -2.08. The molecule has 0 aliphatic carbocycles. The van der Waals surface area contributed by atoms with Gasteiger partial charge in [-0.25, -0.2) is 4.39 Å². The molecule has 0 spiro atoms. The van der Waals surface area contributed by atoms with Crippen molar-refractivity contribution < 1.29 is 49.5 Å². The second kappa shape index (κ2) is 6.22. The molecule has 0 fully saturated rings. The summed E-state index contributed by atoms with van der Waals surface area (Å²) in [5, 5.41) is 12.1. The fourth-order valence-corrected chi connectivity index (χ4v) is 1.70. The van der Waals surface area contributed by atoms with Crippen molar-refractivity contribution in [1.82, 2.24) is 9.78 Å². The Kier molecular flexibility index (Phi) is 5.23. The van der Waals surface area contributed by atoms with E-state index in [2.05, 4.69) is 15.0 Å². The fraction of sp³-hybridized carbons (Fsp3) is 0.556. The van der Waals surface area contributed by atoms with Crippen LogP contribution in [0.3, 0.4) is 0 Å². The molecule has 0 bridgehead atoms. The van der Waals surface area contributed by atoms with E-state index in [1.54, 1.807) is 0 Å². The molecule has 1 aromatic heterocycles. The summed E-state index contributed by atoms with van der Waals surface area (Å²) < 4.78 is 117. The van der Waals surface area contributed by atoms with Gasteiger partial charge in [0.1, 0.15) is 11.3 Å². The van der Waals surface area contributed by atoms with Gasteiger partial charge in [-0.05, 0) is 0 Å². The zero-order chi connectivity index (χ0) is 19.1. The van der Waals surface area contributed by atoms with E-state index in [4.69, 9.17) is 16.8 Å². The molecule has 1 unspecified atom stereocenters. The van der Waals surface area contributed by atoms with Crippen LogP contribution >= 0.6 is 11.6 Å². The molecule has 1 atom stereocenters. The molecule has 1 heterocycles. The van der Waals surface area contributed by atoms with E-state index >= 15 is 0 Å². The number of aryl methyl sites for hydroxylation is 1. The zero-order valence-electron chi connectivity index (χ0n) is 11.1. The summed E-state index contributed by atoms with van der Waals surface area (Å²) >= 11 is 5.17. The van der Waals surface area contributed by atoms with Crippen molar-refractivity contribution in [2.24, 2.45) is 12.2 Å². The van der Waals surface area contributed by atoms with Crippen molar-refractivity contribution in [3.63, 3.8) is 0 Å². The van der Waals surface area contributed by atoms with Gasteiger partial charge in [0.05, 0.1) is 0 Å². The molecular formula is C9H5ClF9N3O2. The summed E-state index contributed by atoms with van der Waals surface area (Å²) in [6, 6.07) is 0. The first-order valence-electron chi connectivity index (χ1n) is 5.42. The van der Waals surface area contributed by atoms with Crippen LogP contribution in [0.1, 0.15) is 11.3 Å². The minimum atomic E-state index is -6.11. The number of hydrogen-bond acceptors (Lipinski definition) is 4. The first-order chi connectivity index (χ1) is 10.6. The van der Waals surface area contributed by atoms with Crippen LogP contribution in [0.5, 0.6) is 5.88 Å². The molecule has 5 nitrogen and oxygen atoms in total. The molecule has 1 rings (SSSR count). The SMILES string of the molecule is Cn1nc(OC(F)(F)C(F)C(F)(F)F)c(C(F)(F)F)c1C(Cl)=NO. The van der Waals surface area contributed by atoms with E-state index < -0.39 is 46.9 Å². The molecule has 1 N–H and O–H groups in total. The predicted molar refractivity (Wildman–Crippen MR) is 58.9 cm³/mol. The number of aromatic nitrogens is 2. The van der Waals surface area contributed by atoms with Crippen LogP contribution in [0.25, 0.3) is 0 Å². The lowest BCUT2D eigenvalue weighted by atomic mass is 10.2. The Bertz CT molecular complexity index is 637. The van der Waals surface area contributed by atoms with Crippen molar-refractivity contribution in [2.75, 3.05) is 0 Å². The van der Waals surface area contributed by atoms with Gasteiger partial charge in [0.25, 0.3) is 12.1 Å². The van der Waals surface area contributed by atoms with Crippen LogP contribution in [0.15, 0.2) is 5.16 Å². The number of ether oxygens (including phenoxy) is 1. The maximum atomic E-state index is 13.1. The highest BCUT2D eigenvalue weighted by Crippen LogP contribution is 2.43. The van der Waals surface area contributed by atoms with Gasteiger partial charge in [0, 0.05) is 7.05 Å². The lowest BCUT2D eigenvalue weighted by Crippen LogP contribution is -2.46. The van der Waals surface area contributed by atoms with Crippen LogP contribution in [-0.4, -0.2) is 38.6 Å². The van der Waals surface area contributed by atoms with E-state index in [1.165, 1.54) is 0 Å². The topological polar surface area (TPSA) is 59.6 Å². The highest BCUT2D eigenvalue weighted by Gasteiger charge is 2.60. The second-order valence-electron chi connectivity index (χ2n) is 4.11. The van der Waals surface area contributed by atoms with Crippen LogP contribution < -0.4 is 4.74 Å². The van der Waals surface area contributed by atoms with Crippen LogP contribution in [0.4, 0.5) is 39.5 Å². The highest BCUT2D eigenvalue weighted by atomic mass is 35.5. The van der Waals surface area contributed by atoms with Gasteiger partial charge >= 0.3 is 18.5 Å². The highest BCUT2D eigenvalue weighted by molar-refractivity contribution is 6.69. The van der Waals surface area contributed by atoms with E-state index in [0.29, 0.717) is 7.05 Å². The van der Waals surface area contributed by atoms with E-state index in [-0.39, 0.29) is 4.68 Å². The van der Waals surface area contributed by atoms with Crippen LogP contribution in [0, 0.1) is 0 Å². The first-order valence-corrected chi connectivity index (χ1v) is 5.80. The number of halogens is 10. The van der Waals surface area contributed by atoms with Crippen LogP contribution in [0.2, 0.25) is 0 Å². The molecule has 0 aromatic carbocycles. The van der Waals surface area contributed by atoms with Crippen molar-refractivity contribution in [3.8, 4) is 5.88 Å². The minimum Gasteiger partial charge on any atom is -0.410 e. The first kappa shape index (κ1) is 20.2. The third-order valence-corrected chi connectivity index (χ3v) is 2.65.